The van der Waals surface area contributed by atoms with Crippen LogP contribution in [0.5, 0.6) is 11.5 Å². The first kappa shape index (κ1) is 24.2. The molecule has 0 atom stereocenters. The summed E-state index contributed by atoms with van der Waals surface area (Å²) in [7, 11) is 5.47. The van der Waals surface area contributed by atoms with Crippen LogP contribution in [-0.2, 0) is 25.0 Å². The molecule has 0 bridgehead atoms. The van der Waals surface area contributed by atoms with Gasteiger partial charge in [0.25, 0.3) is 0 Å². The molecule has 0 radical (unpaired) electrons. The van der Waals surface area contributed by atoms with Gasteiger partial charge in [-0.05, 0) is 73.2 Å². The van der Waals surface area contributed by atoms with E-state index >= 15 is 0 Å². The summed E-state index contributed by atoms with van der Waals surface area (Å²) in [5.74, 6) is 4.14. The maximum absolute atomic E-state index is 6.04. The molecular formula is C27H28ClN3O2S2. The fourth-order valence-corrected chi connectivity index (χ4v) is 6.63. The van der Waals surface area contributed by atoms with Crippen molar-refractivity contribution in [2.24, 2.45) is 0 Å². The van der Waals surface area contributed by atoms with E-state index in [1.165, 1.54) is 27.8 Å². The molecule has 182 valence electrons. The molecular weight excluding hydrogens is 498 g/mol. The van der Waals surface area contributed by atoms with Gasteiger partial charge in [0, 0.05) is 28.4 Å². The first-order valence-electron chi connectivity index (χ1n) is 11.7. The number of thiophene rings is 1. The van der Waals surface area contributed by atoms with Crippen molar-refractivity contribution in [3.05, 3.63) is 69.3 Å². The normalized spacial score (nSPS) is 12.7. The van der Waals surface area contributed by atoms with E-state index in [9.17, 15) is 0 Å². The molecule has 2 aromatic heterocycles. The van der Waals surface area contributed by atoms with Gasteiger partial charge in [-0.1, -0.05) is 17.7 Å². The summed E-state index contributed by atoms with van der Waals surface area (Å²) in [6.07, 6.45) is 4.37. The molecule has 1 aliphatic carbocycles. The largest absolute Gasteiger partial charge is 0.493 e. The highest BCUT2D eigenvalue weighted by Crippen LogP contribution is 2.41. The van der Waals surface area contributed by atoms with E-state index in [1.54, 1.807) is 26.0 Å². The Kier molecular flexibility index (Phi) is 7.37. The van der Waals surface area contributed by atoms with Crippen LogP contribution in [0, 0.1) is 0 Å². The molecule has 8 heteroatoms. The monoisotopic (exact) mass is 525 g/mol. The van der Waals surface area contributed by atoms with Gasteiger partial charge in [0.1, 0.15) is 16.5 Å². The van der Waals surface area contributed by atoms with Crippen molar-refractivity contribution in [2.75, 3.05) is 32.7 Å². The van der Waals surface area contributed by atoms with Crippen molar-refractivity contribution in [2.45, 2.75) is 36.3 Å². The van der Waals surface area contributed by atoms with Crippen molar-refractivity contribution < 1.29 is 9.47 Å². The van der Waals surface area contributed by atoms with Crippen molar-refractivity contribution in [3.8, 4) is 11.5 Å². The molecule has 2 heterocycles. The van der Waals surface area contributed by atoms with Gasteiger partial charge in [0.05, 0.1) is 25.4 Å². The van der Waals surface area contributed by atoms with Crippen LogP contribution in [0.1, 0.15) is 28.2 Å². The summed E-state index contributed by atoms with van der Waals surface area (Å²) in [5.41, 5.74) is 2.66. The van der Waals surface area contributed by atoms with Gasteiger partial charge in [0.15, 0.2) is 11.5 Å². The number of benzene rings is 2. The lowest BCUT2D eigenvalue weighted by atomic mass is 10.1. The van der Waals surface area contributed by atoms with Crippen LogP contribution >= 0.6 is 34.7 Å². The van der Waals surface area contributed by atoms with Gasteiger partial charge in [-0.2, -0.15) is 0 Å². The van der Waals surface area contributed by atoms with Crippen LogP contribution in [0.15, 0.2) is 47.4 Å². The molecule has 0 fully saturated rings. The van der Waals surface area contributed by atoms with Crippen LogP contribution in [0.2, 0.25) is 5.02 Å². The van der Waals surface area contributed by atoms with Crippen molar-refractivity contribution in [1.82, 2.24) is 9.97 Å². The molecule has 5 rings (SSSR count). The average Bonchev–Trinajstić information content (AvgIpc) is 3.47. The molecule has 0 saturated carbocycles. The van der Waals surface area contributed by atoms with Gasteiger partial charge in [0.2, 0.25) is 0 Å². The van der Waals surface area contributed by atoms with E-state index in [-0.39, 0.29) is 0 Å². The van der Waals surface area contributed by atoms with Gasteiger partial charge in [-0.3, -0.25) is 0 Å². The minimum Gasteiger partial charge on any atom is -0.493 e. The van der Waals surface area contributed by atoms with Crippen molar-refractivity contribution in [3.63, 3.8) is 0 Å². The maximum Gasteiger partial charge on any atom is 0.160 e. The van der Waals surface area contributed by atoms with Crippen molar-refractivity contribution in [1.29, 1.82) is 0 Å². The fourth-order valence-electron chi connectivity index (χ4n) is 4.48. The second-order valence-corrected chi connectivity index (χ2v) is 11.2. The number of methoxy groups -OCH3 is 2. The van der Waals surface area contributed by atoms with E-state index < -0.39 is 0 Å². The van der Waals surface area contributed by atoms with Gasteiger partial charge in [-0.25, -0.2) is 9.97 Å². The third-order valence-corrected chi connectivity index (χ3v) is 8.76. The average molecular weight is 526 g/mol. The number of hydrogen-bond donors (Lipinski definition) is 0. The minimum atomic E-state index is 0.719. The Morgan fingerprint density at radius 3 is 2.60 bits per heavy atom. The van der Waals surface area contributed by atoms with E-state index in [2.05, 4.69) is 24.1 Å². The van der Waals surface area contributed by atoms with Gasteiger partial charge in [-0.15, -0.1) is 23.1 Å². The molecule has 0 aliphatic heterocycles. The molecule has 1 aliphatic rings. The molecule has 0 N–H and O–H groups in total. The predicted molar refractivity (Wildman–Crippen MR) is 147 cm³/mol. The Bertz CT molecular complexity index is 1340. The van der Waals surface area contributed by atoms with Gasteiger partial charge < -0.3 is 14.4 Å². The number of thioether (sulfide) groups is 1. The quantitative estimate of drug-likeness (QED) is 0.223. The molecule has 0 saturated heterocycles. The summed E-state index contributed by atoms with van der Waals surface area (Å²) in [5, 5.41) is 2.00. The first-order chi connectivity index (χ1) is 17.1. The van der Waals surface area contributed by atoms with Crippen LogP contribution in [0.25, 0.3) is 10.2 Å². The van der Waals surface area contributed by atoms with Crippen molar-refractivity contribution >= 4 is 50.7 Å². The number of aryl methyl sites for hydroxylation is 2. The molecule has 0 amide bonds. The zero-order valence-electron chi connectivity index (χ0n) is 20.1. The number of likely N-dealkylation sites (N-methyl/N-ethyl adjacent to an activating group) is 1. The highest BCUT2D eigenvalue weighted by molar-refractivity contribution is 7.98. The van der Waals surface area contributed by atoms with E-state index in [0.717, 1.165) is 69.4 Å². The third-order valence-electron chi connectivity index (χ3n) is 6.32. The smallest absolute Gasteiger partial charge is 0.160 e. The highest BCUT2D eigenvalue weighted by atomic mass is 35.5. The molecule has 2 aromatic carbocycles. The summed E-state index contributed by atoms with van der Waals surface area (Å²) in [6, 6.07) is 14.0. The lowest BCUT2D eigenvalue weighted by Gasteiger charge is -2.21. The molecule has 0 unspecified atom stereocenters. The summed E-state index contributed by atoms with van der Waals surface area (Å²) < 4.78 is 10.9. The summed E-state index contributed by atoms with van der Waals surface area (Å²) >= 11 is 9.62. The zero-order valence-corrected chi connectivity index (χ0v) is 22.5. The second kappa shape index (κ2) is 10.6. The number of hydrogen-bond acceptors (Lipinski definition) is 7. The maximum atomic E-state index is 6.04. The summed E-state index contributed by atoms with van der Waals surface area (Å²) in [6.45, 7) is 0.843. The number of halogens is 1. The molecule has 5 nitrogen and oxygen atoms in total. The Hall–Kier alpha value is -2.48. The number of aromatic nitrogens is 2. The van der Waals surface area contributed by atoms with E-state index in [4.69, 9.17) is 31.0 Å². The van der Waals surface area contributed by atoms with Crippen LogP contribution in [-0.4, -0.2) is 37.8 Å². The van der Waals surface area contributed by atoms with Crippen LogP contribution in [0.4, 0.5) is 5.82 Å². The standard InChI is InChI=1S/C27H28ClN3O2S2/c1-31(14-13-17-7-12-21(32-2)22(15-17)33-3)26-25-20-5-4-6-23(20)35-27(25)30-24(29-26)16-34-19-10-8-18(28)9-11-19/h7-12,15H,4-6,13-14,16H2,1-3H3. The molecule has 0 spiro atoms. The number of rotatable bonds is 9. The Balaban J connectivity index is 1.40. The lowest BCUT2D eigenvalue weighted by Crippen LogP contribution is -2.22. The number of fused-ring (bicyclic) bond motifs is 3. The molecule has 35 heavy (non-hydrogen) atoms. The Morgan fingerprint density at radius 1 is 1.03 bits per heavy atom. The van der Waals surface area contributed by atoms with Gasteiger partial charge >= 0.3 is 0 Å². The zero-order chi connectivity index (χ0) is 24.4. The Morgan fingerprint density at radius 2 is 1.83 bits per heavy atom. The van der Waals surface area contributed by atoms with E-state index in [1.807, 2.05) is 41.7 Å². The second-order valence-electron chi connectivity index (χ2n) is 8.60. The fraction of sp³-hybridized carbons (Fsp3) is 0.333. The number of nitrogens with zero attached hydrogens (tertiary/aromatic N) is 3. The third kappa shape index (κ3) is 5.22. The number of anilines is 1. The highest BCUT2D eigenvalue weighted by Gasteiger charge is 2.24. The lowest BCUT2D eigenvalue weighted by molar-refractivity contribution is 0.354. The predicted octanol–water partition coefficient (Wildman–Crippen LogP) is 6.82. The number of ether oxygens (including phenoxy) is 2. The van der Waals surface area contributed by atoms with Crippen LogP contribution in [0.3, 0.4) is 0 Å². The topological polar surface area (TPSA) is 47.5 Å². The SMILES string of the molecule is COc1ccc(CCN(C)c2nc(CSc3ccc(Cl)cc3)nc3sc4c(c23)CCC4)cc1OC. The summed E-state index contributed by atoms with van der Waals surface area (Å²) in [4.78, 5) is 16.1. The minimum absolute atomic E-state index is 0.719. The Labute approximate surface area is 219 Å². The first-order valence-corrected chi connectivity index (χ1v) is 13.8. The van der Waals surface area contributed by atoms with Crippen LogP contribution < -0.4 is 14.4 Å². The van der Waals surface area contributed by atoms with E-state index in [0.29, 0.717) is 0 Å². The molecule has 4 aromatic rings.